The van der Waals surface area contributed by atoms with Crippen LogP contribution in [0.4, 0.5) is 26.3 Å². The van der Waals surface area contributed by atoms with E-state index in [2.05, 4.69) is 16.9 Å². The number of rotatable bonds is 10. The molecular weight excluding hydrogens is 709 g/mol. The van der Waals surface area contributed by atoms with Crippen molar-refractivity contribution in [2.45, 2.75) is 84.7 Å². The van der Waals surface area contributed by atoms with Gasteiger partial charge in [0.2, 0.25) is 0 Å². The van der Waals surface area contributed by atoms with E-state index in [1.54, 1.807) is 6.92 Å². The van der Waals surface area contributed by atoms with E-state index in [4.69, 9.17) is 7.67 Å². The van der Waals surface area contributed by atoms with Gasteiger partial charge >= 0.3 is 34.8 Å². The van der Waals surface area contributed by atoms with Crippen LogP contribution < -0.4 is 0 Å². The van der Waals surface area contributed by atoms with Gasteiger partial charge in [0.05, 0.1) is 38.4 Å². The monoisotopic (exact) mass is 743 g/mol. The van der Waals surface area contributed by atoms with E-state index in [1.807, 2.05) is 13.8 Å². The third kappa shape index (κ3) is 12.2. The number of alkyl halides is 6. The Morgan fingerprint density at radius 2 is 1.19 bits per heavy atom. The molecule has 0 aliphatic carbocycles. The summed E-state index contributed by atoms with van der Waals surface area (Å²) in [6.45, 7) is 7.64. The second-order valence-corrected chi connectivity index (χ2v) is 12.5. The number of benzene rings is 2. The van der Waals surface area contributed by atoms with Crippen LogP contribution in [0, 0.1) is 13.8 Å². The second-order valence-electron chi connectivity index (χ2n) is 10.3. The number of aliphatic hydroxyl groups is 1. The number of hydrogen-bond acceptors (Lipinski definition) is 8. The Morgan fingerprint density at radius 1 is 0.766 bits per heavy atom. The first-order valence-corrected chi connectivity index (χ1v) is 17.1. The molecule has 2 heterocycles. The molecule has 0 saturated carbocycles. The molecule has 2 aromatic carbocycles. The molecule has 2 aromatic heterocycles. The van der Waals surface area contributed by atoms with Gasteiger partial charge in [0.15, 0.2) is 5.78 Å². The van der Waals surface area contributed by atoms with Gasteiger partial charge in [0, 0.05) is 17.5 Å². The van der Waals surface area contributed by atoms with Crippen LogP contribution in [0.1, 0.15) is 95.5 Å². The molecule has 0 aliphatic heterocycles. The number of unbranched alkanes of at least 4 members (excludes halogenated alkanes) is 2. The number of carbonyl (C=O) groups is 1. The van der Waals surface area contributed by atoms with Crippen LogP contribution in [0.2, 0.25) is 0 Å². The first kappa shape index (κ1) is 40.2. The molecule has 1 N–H and O–H groups in total. The molecule has 257 valence electrons. The van der Waals surface area contributed by atoms with Gasteiger partial charge in [0.1, 0.15) is 10.0 Å². The zero-order chi connectivity index (χ0) is 35.4. The van der Waals surface area contributed by atoms with Crippen molar-refractivity contribution in [2.75, 3.05) is 0 Å². The van der Waals surface area contributed by atoms with Crippen LogP contribution >= 0.6 is 22.7 Å². The van der Waals surface area contributed by atoms with Gasteiger partial charge in [-0.1, -0.05) is 57.4 Å². The van der Waals surface area contributed by atoms with Crippen molar-refractivity contribution in [3.63, 3.8) is 0 Å². The van der Waals surface area contributed by atoms with Gasteiger partial charge in [0.25, 0.3) is 0 Å². The summed E-state index contributed by atoms with van der Waals surface area (Å²) in [5, 5.41) is 11.4. The summed E-state index contributed by atoms with van der Waals surface area (Å²) in [7, 11) is 0. The number of hydrogen-bond donors (Lipinski definition) is 1. The molecule has 0 fully saturated rings. The van der Waals surface area contributed by atoms with Crippen LogP contribution in [0.5, 0.6) is 0 Å². The topological polar surface area (TPSA) is 97.2 Å². The van der Waals surface area contributed by atoms with Gasteiger partial charge in [-0.2, -0.15) is 26.3 Å². The Hall–Kier alpha value is -2.97. The fourth-order valence-electron chi connectivity index (χ4n) is 4.20. The SMILES string of the molecule is CCCCC(=O)c1sc(-c2ccc(C(F)(F)F)cc2)nc1C.CCCCC(O)c1sc(-c2ccc(C(F)(F)F)cc2)nc1C.[O]=[Mn]=[O]. The number of halogens is 6. The summed E-state index contributed by atoms with van der Waals surface area (Å²) >= 11 is 1.15. The standard InChI is InChI=1S/C16H18F3NOS.C16H16F3NOS.Mn.2O/c2*1-3-4-5-13(21)14-10(2)20-15(22-14)11-6-8-12(9-7-11)16(17,18)19;;;/h6-9,13,21H,3-5H2,1-2H3;6-9H,3-5H2,1-2H3;;;. The van der Waals surface area contributed by atoms with Crippen LogP contribution in [0.3, 0.4) is 0 Å². The predicted molar refractivity (Wildman–Crippen MR) is 164 cm³/mol. The van der Waals surface area contributed by atoms with Crippen molar-refractivity contribution in [2.24, 2.45) is 0 Å². The van der Waals surface area contributed by atoms with Gasteiger partial charge in [-0.15, -0.1) is 22.7 Å². The minimum absolute atomic E-state index is 0.0509. The molecule has 6 nitrogen and oxygen atoms in total. The molecular formula is C32H34F6MnN2O4S2. The molecule has 0 saturated heterocycles. The fourth-order valence-corrected chi connectivity index (χ4v) is 6.33. The van der Waals surface area contributed by atoms with E-state index < -0.39 is 44.4 Å². The molecule has 4 aromatic rings. The van der Waals surface area contributed by atoms with E-state index >= 15 is 0 Å². The number of aryl methyl sites for hydroxylation is 2. The summed E-state index contributed by atoms with van der Waals surface area (Å²) in [6.07, 6.45) is -4.40. The molecule has 0 spiro atoms. The first-order chi connectivity index (χ1) is 22.1. The average molecular weight is 744 g/mol. The normalized spacial score (nSPS) is 12.0. The van der Waals surface area contributed by atoms with Gasteiger partial charge < -0.3 is 5.11 Å². The zero-order valence-electron chi connectivity index (χ0n) is 26.0. The Kier molecular flexibility index (Phi) is 15.9. The molecule has 0 radical (unpaired) electrons. The molecule has 1 atom stereocenters. The van der Waals surface area contributed by atoms with E-state index in [0.29, 0.717) is 44.6 Å². The maximum absolute atomic E-state index is 12.6. The van der Waals surface area contributed by atoms with Crippen LogP contribution in [0.15, 0.2) is 48.5 Å². The van der Waals surface area contributed by atoms with Crippen molar-refractivity contribution < 1.29 is 58.7 Å². The van der Waals surface area contributed by atoms with Crippen molar-refractivity contribution in [3.8, 4) is 21.1 Å². The van der Waals surface area contributed by atoms with Gasteiger partial charge in [-0.25, -0.2) is 9.97 Å². The van der Waals surface area contributed by atoms with Crippen molar-refractivity contribution in [1.82, 2.24) is 9.97 Å². The van der Waals surface area contributed by atoms with Crippen LogP contribution in [0.25, 0.3) is 21.1 Å². The quantitative estimate of drug-likeness (QED) is 0.0987. The number of nitrogens with zero attached hydrogens (tertiary/aromatic N) is 2. The first-order valence-electron chi connectivity index (χ1n) is 14.5. The molecule has 0 aliphatic rings. The minimum atomic E-state index is -4.35. The van der Waals surface area contributed by atoms with Crippen molar-refractivity contribution >= 4 is 28.5 Å². The number of aromatic nitrogens is 2. The number of aliphatic hydroxyl groups excluding tert-OH is 1. The van der Waals surface area contributed by atoms with E-state index in [1.165, 1.54) is 46.9 Å². The number of ketones is 1. The van der Waals surface area contributed by atoms with Crippen molar-refractivity contribution in [1.29, 1.82) is 0 Å². The summed E-state index contributed by atoms with van der Waals surface area (Å²) in [5.74, 6) is 0.0509. The molecule has 1 unspecified atom stereocenters. The summed E-state index contributed by atoms with van der Waals surface area (Å²) < 4.78 is 92.2. The second kappa shape index (κ2) is 18.5. The molecule has 4 rings (SSSR count). The molecule has 47 heavy (non-hydrogen) atoms. The summed E-state index contributed by atoms with van der Waals surface area (Å²) in [5.41, 5.74) is 1.24. The molecule has 15 heteroatoms. The number of Topliss-reactive ketones (excluding diaryl/α,β-unsaturated/α-hetero) is 1. The van der Waals surface area contributed by atoms with Gasteiger partial charge in [-0.3, -0.25) is 4.79 Å². The summed E-state index contributed by atoms with van der Waals surface area (Å²) in [4.78, 5) is 22.2. The Balaban J connectivity index is 0.000000302. The van der Waals surface area contributed by atoms with E-state index in [-0.39, 0.29) is 5.78 Å². The molecule has 0 amide bonds. The van der Waals surface area contributed by atoms with Crippen LogP contribution in [-0.2, 0) is 34.8 Å². The number of thiazole rings is 2. The number of carbonyl (C=O) groups excluding carboxylic acids is 1. The van der Waals surface area contributed by atoms with E-state index in [9.17, 15) is 36.2 Å². The Labute approximate surface area is 282 Å². The summed E-state index contributed by atoms with van der Waals surface area (Å²) in [6, 6.07) is 9.79. The van der Waals surface area contributed by atoms with Crippen LogP contribution in [-0.4, -0.2) is 20.9 Å². The molecule has 0 bridgehead atoms. The maximum atomic E-state index is 12.6. The van der Waals surface area contributed by atoms with Gasteiger partial charge in [-0.05, 0) is 51.0 Å². The average Bonchev–Trinajstić information content (AvgIpc) is 3.61. The third-order valence-electron chi connectivity index (χ3n) is 6.69. The van der Waals surface area contributed by atoms with E-state index in [0.717, 1.165) is 60.5 Å². The Morgan fingerprint density at radius 3 is 1.62 bits per heavy atom. The fraction of sp³-hybridized carbons (Fsp3) is 0.406. The third-order valence-corrected chi connectivity index (χ3v) is 9.25. The predicted octanol–water partition coefficient (Wildman–Crippen LogP) is 10.6. The Bertz CT molecular complexity index is 1610. The van der Waals surface area contributed by atoms with Crippen molar-refractivity contribution in [3.05, 3.63) is 80.8 Å². The zero-order valence-corrected chi connectivity index (χ0v) is 28.8.